The molecule has 0 unspecified atom stereocenters. The van der Waals surface area contributed by atoms with Crippen LogP contribution in [0.15, 0.2) is 29.3 Å². The number of aliphatic imine (C=N–C) groups is 1. The van der Waals surface area contributed by atoms with E-state index >= 15 is 0 Å². The minimum atomic E-state index is -0.246. The van der Waals surface area contributed by atoms with Crippen LogP contribution in [-0.2, 0) is 11.3 Å². The lowest BCUT2D eigenvalue weighted by atomic mass is 9.96. The van der Waals surface area contributed by atoms with Crippen molar-refractivity contribution in [2.24, 2.45) is 10.9 Å². The van der Waals surface area contributed by atoms with E-state index in [0.29, 0.717) is 12.5 Å². The molecule has 1 saturated heterocycles. The van der Waals surface area contributed by atoms with Gasteiger partial charge in [-0.3, -0.25) is 14.7 Å². The Hall–Kier alpha value is -2.15. The Morgan fingerprint density at radius 3 is 2.53 bits per heavy atom. The van der Waals surface area contributed by atoms with E-state index < -0.39 is 0 Å². The lowest BCUT2D eigenvalue weighted by molar-refractivity contribution is -0.122. The van der Waals surface area contributed by atoms with Crippen LogP contribution in [0.3, 0.4) is 0 Å². The number of halogens is 1. The smallest absolute Gasteiger partial charge is 0.240 e. The van der Waals surface area contributed by atoms with Crippen molar-refractivity contribution < 1.29 is 9.18 Å². The van der Waals surface area contributed by atoms with Gasteiger partial charge in [0, 0.05) is 37.8 Å². The Kier molecular flexibility index (Phi) is 9.08. The number of rotatable bonds is 7. The average molecular weight is 420 g/mol. The molecule has 0 aromatic heterocycles. The molecule has 7 heteroatoms. The van der Waals surface area contributed by atoms with Crippen molar-refractivity contribution in [3.05, 3.63) is 35.6 Å². The average Bonchev–Trinajstić information content (AvgIpc) is 2.66. The molecule has 1 aliphatic heterocycles. The molecule has 0 radical (unpaired) electrons. The SMILES string of the molecule is CCNC(=NCC1CCN(Cc2ccccc2F)CC1)N(C)CC(=O)NC(C)(C)C. The Morgan fingerprint density at radius 2 is 1.93 bits per heavy atom. The van der Waals surface area contributed by atoms with Crippen LogP contribution in [0.4, 0.5) is 4.39 Å². The van der Waals surface area contributed by atoms with E-state index in [9.17, 15) is 9.18 Å². The van der Waals surface area contributed by atoms with Gasteiger partial charge in [-0.25, -0.2) is 4.39 Å². The molecule has 1 aliphatic rings. The van der Waals surface area contributed by atoms with Crippen LogP contribution in [0.1, 0.15) is 46.1 Å². The number of nitrogens with zero attached hydrogens (tertiary/aromatic N) is 3. The molecule has 1 amide bonds. The Bertz CT molecular complexity index is 708. The van der Waals surface area contributed by atoms with Crippen LogP contribution in [0.2, 0.25) is 0 Å². The fourth-order valence-corrected chi connectivity index (χ4v) is 3.63. The van der Waals surface area contributed by atoms with Gasteiger partial charge in [0.1, 0.15) is 5.82 Å². The molecule has 2 N–H and O–H groups in total. The Balaban J connectivity index is 1.83. The predicted molar refractivity (Wildman–Crippen MR) is 121 cm³/mol. The second-order valence-corrected chi connectivity index (χ2v) is 9.16. The topological polar surface area (TPSA) is 60.0 Å². The van der Waals surface area contributed by atoms with Gasteiger partial charge in [0.05, 0.1) is 6.54 Å². The number of guanidine groups is 1. The monoisotopic (exact) mass is 419 g/mol. The standard InChI is InChI=1S/C23H38FN5O/c1-6-25-22(28(5)17-21(30)27-23(2,3)4)26-15-18-11-13-29(14-12-18)16-19-9-7-8-10-20(19)24/h7-10,18H,6,11-17H2,1-5H3,(H,25,26)(H,27,30). The maximum Gasteiger partial charge on any atom is 0.240 e. The number of benzene rings is 1. The number of likely N-dealkylation sites (N-methyl/N-ethyl adjacent to an activating group) is 1. The quantitative estimate of drug-likeness (QED) is 0.527. The summed E-state index contributed by atoms with van der Waals surface area (Å²) in [6.45, 7) is 12.3. The van der Waals surface area contributed by atoms with Crippen molar-refractivity contribution in [1.29, 1.82) is 0 Å². The molecule has 1 heterocycles. The van der Waals surface area contributed by atoms with E-state index in [1.807, 2.05) is 51.8 Å². The highest BCUT2D eigenvalue weighted by Gasteiger charge is 2.21. The summed E-state index contributed by atoms with van der Waals surface area (Å²) in [5.41, 5.74) is 0.517. The van der Waals surface area contributed by atoms with E-state index in [-0.39, 0.29) is 23.8 Å². The highest BCUT2D eigenvalue weighted by atomic mass is 19.1. The molecule has 1 aromatic carbocycles. The summed E-state index contributed by atoms with van der Waals surface area (Å²) >= 11 is 0. The summed E-state index contributed by atoms with van der Waals surface area (Å²) in [6.07, 6.45) is 2.09. The van der Waals surface area contributed by atoms with Crippen molar-refractivity contribution >= 4 is 11.9 Å². The summed E-state index contributed by atoms with van der Waals surface area (Å²) in [7, 11) is 1.89. The zero-order chi connectivity index (χ0) is 22.1. The first-order valence-electron chi connectivity index (χ1n) is 10.9. The van der Waals surface area contributed by atoms with E-state index in [1.165, 1.54) is 6.07 Å². The molecular weight excluding hydrogens is 381 g/mol. The molecular formula is C23H38FN5O. The van der Waals surface area contributed by atoms with Crippen molar-refractivity contribution in [3.8, 4) is 0 Å². The largest absolute Gasteiger partial charge is 0.357 e. The summed E-state index contributed by atoms with van der Waals surface area (Å²) in [5.74, 6) is 1.12. The number of amides is 1. The molecule has 0 saturated carbocycles. The van der Waals surface area contributed by atoms with Gasteiger partial charge in [0.15, 0.2) is 5.96 Å². The molecule has 30 heavy (non-hydrogen) atoms. The fourth-order valence-electron chi connectivity index (χ4n) is 3.63. The van der Waals surface area contributed by atoms with E-state index in [2.05, 4.69) is 15.5 Å². The number of likely N-dealkylation sites (tertiary alicyclic amines) is 1. The number of hydrogen-bond acceptors (Lipinski definition) is 3. The summed E-state index contributed by atoms with van der Waals surface area (Å²) in [5, 5.41) is 6.27. The highest BCUT2D eigenvalue weighted by molar-refractivity contribution is 5.86. The lowest BCUT2D eigenvalue weighted by Crippen LogP contribution is -2.49. The van der Waals surface area contributed by atoms with E-state index in [1.54, 1.807) is 6.07 Å². The highest BCUT2D eigenvalue weighted by Crippen LogP contribution is 2.20. The number of carbonyl (C=O) groups is 1. The van der Waals surface area contributed by atoms with Crippen molar-refractivity contribution in [2.75, 3.05) is 39.8 Å². The van der Waals surface area contributed by atoms with Gasteiger partial charge < -0.3 is 15.5 Å². The van der Waals surface area contributed by atoms with E-state index in [0.717, 1.165) is 50.5 Å². The molecule has 168 valence electrons. The number of piperidine rings is 1. The first-order chi connectivity index (χ1) is 14.2. The van der Waals surface area contributed by atoms with Crippen LogP contribution in [0.5, 0.6) is 0 Å². The van der Waals surface area contributed by atoms with Gasteiger partial charge >= 0.3 is 0 Å². The van der Waals surface area contributed by atoms with Crippen molar-refractivity contribution in [1.82, 2.24) is 20.4 Å². The number of hydrogen-bond donors (Lipinski definition) is 2. The molecule has 2 rings (SSSR count). The molecule has 0 bridgehead atoms. The maximum absolute atomic E-state index is 13.9. The maximum atomic E-state index is 13.9. The molecule has 0 spiro atoms. The summed E-state index contributed by atoms with van der Waals surface area (Å²) < 4.78 is 13.9. The first-order valence-corrected chi connectivity index (χ1v) is 10.9. The minimum Gasteiger partial charge on any atom is -0.357 e. The van der Waals surface area contributed by atoms with Gasteiger partial charge in [-0.1, -0.05) is 18.2 Å². The molecule has 0 aliphatic carbocycles. The minimum absolute atomic E-state index is 0.0166. The second-order valence-electron chi connectivity index (χ2n) is 9.16. The van der Waals surface area contributed by atoms with Gasteiger partial charge in [-0.15, -0.1) is 0 Å². The van der Waals surface area contributed by atoms with Crippen LogP contribution in [0.25, 0.3) is 0 Å². The van der Waals surface area contributed by atoms with Gasteiger partial charge in [0.2, 0.25) is 5.91 Å². The number of nitrogens with one attached hydrogen (secondary N) is 2. The zero-order valence-corrected chi connectivity index (χ0v) is 19.2. The van der Waals surface area contributed by atoms with E-state index in [4.69, 9.17) is 4.99 Å². The van der Waals surface area contributed by atoms with Gasteiger partial charge in [0.25, 0.3) is 0 Å². The van der Waals surface area contributed by atoms with Gasteiger partial charge in [-0.2, -0.15) is 0 Å². The van der Waals surface area contributed by atoms with Gasteiger partial charge in [-0.05, 0) is 65.6 Å². The van der Waals surface area contributed by atoms with Crippen molar-refractivity contribution in [3.63, 3.8) is 0 Å². The van der Waals surface area contributed by atoms with Crippen LogP contribution < -0.4 is 10.6 Å². The third-order valence-corrected chi connectivity index (χ3v) is 5.15. The summed E-state index contributed by atoms with van der Waals surface area (Å²) in [4.78, 5) is 21.2. The lowest BCUT2D eigenvalue weighted by Gasteiger charge is -2.31. The molecule has 1 fully saturated rings. The first kappa shape index (κ1) is 24.1. The fraction of sp³-hybridized carbons (Fsp3) is 0.652. The third kappa shape index (κ3) is 8.30. The predicted octanol–water partition coefficient (Wildman–Crippen LogP) is 2.85. The Morgan fingerprint density at radius 1 is 1.27 bits per heavy atom. The Labute approximate surface area is 180 Å². The number of carbonyl (C=O) groups excluding carboxylic acids is 1. The second kappa shape index (κ2) is 11.3. The van der Waals surface area contributed by atoms with Crippen molar-refractivity contribution in [2.45, 2.75) is 52.6 Å². The molecule has 0 atom stereocenters. The molecule has 6 nitrogen and oxygen atoms in total. The zero-order valence-electron chi connectivity index (χ0n) is 19.2. The molecule has 1 aromatic rings. The van der Waals surface area contributed by atoms with Crippen LogP contribution >= 0.6 is 0 Å². The van der Waals surface area contributed by atoms with Crippen LogP contribution in [0, 0.1) is 11.7 Å². The third-order valence-electron chi connectivity index (χ3n) is 5.15. The normalized spacial score (nSPS) is 16.4. The van der Waals surface area contributed by atoms with Crippen LogP contribution in [-0.4, -0.2) is 67.0 Å². The summed E-state index contributed by atoms with van der Waals surface area (Å²) in [6, 6.07) is 7.01.